The van der Waals surface area contributed by atoms with Gasteiger partial charge in [-0.25, -0.2) is 0 Å². The van der Waals surface area contributed by atoms with Crippen LogP contribution in [0.4, 0.5) is 13.2 Å². The van der Waals surface area contributed by atoms with Gasteiger partial charge in [0.1, 0.15) is 0 Å². The molecule has 1 aromatic carbocycles. The van der Waals surface area contributed by atoms with Crippen molar-refractivity contribution >= 4 is 5.91 Å². The zero-order valence-electron chi connectivity index (χ0n) is 13.2. The molecule has 0 heterocycles. The maximum atomic E-state index is 12.6. The molecule has 0 aromatic heterocycles. The van der Waals surface area contributed by atoms with Crippen LogP contribution >= 0.6 is 0 Å². The summed E-state index contributed by atoms with van der Waals surface area (Å²) >= 11 is 0. The van der Waals surface area contributed by atoms with Gasteiger partial charge in [0, 0.05) is 19.5 Å². The molecule has 23 heavy (non-hydrogen) atoms. The van der Waals surface area contributed by atoms with Gasteiger partial charge in [0.05, 0.1) is 5.56 Å². The summed E-state index contributed by atoms with van der Waals surface area (Å²) in [5.74, 6) is 0.304. The van der Waals surface area contributed by atoms with E-state index in [0.717, 1.165) is 37.8 Å². The fourth-order valence-electron chi connectivity index (χ4n) is 3.07. The van der Waals surface area contributed by atoms with Crippen molar-refractivity contribution in [3.63, 3.8) is 0 Å². The lowest BCUT2D eigenvalue weighted by Gasteiger charge is -2.14. The van der Waals surface area contributed by atoms with Gasteiger partial charge in [0.15, 0.2) is 0 Å². The van der Waals surface area contributed by atoms with Gasteiger partial charge in [0.2, 0.25) is 5.91 Å². The van der Waals surface area contributed by atoms with Crippen LogP contribution in [0.15, 0.2) is 24.3 Å². The lowest BCUT2D eigenvalue weighted by molar-refractivity contribution is -0.137. The van der Waals surface area contributed by atoms with E-state index in [-0.39, 0.29) is 5.91 Å². The summed E-state index contributed by atoms with van der Waals surface area (Å²) in [5.41, 5.74) is 0.396. The largest absolute Gasteiger partial charge is 0.416 e. The van der Waals surface area contributed by atoms with Crippen LogP contribution in [0.2, 0.25) is 0 Å². The molecule has 2 rings (SSSR count). The molecule has 0 aliphatic heterocycles. The van der Waals surface area contributed by atoms with Gasteiger partial charge in [0.25, 0.3) is 0 Å². The van der Waals surface area contributed by atoms with E-state index in [0.29, 0.717) is 18.5 Å². The predicted octanol–water partition coefficient (Wildman–Crippen LogP) is 3.46. The second-order valence-corrected chi connectivity index (χ2v) is 6.12. The van der Waals surface area contributed by atoms with Crippen molar-refractivity contribution in [2.24, 2.45) is 0 Å². The molecule has 0 radical (unpaired) electrons. The third kappa shape index (κ3) is 5.53. The van der Waals surface area contributed by atoms with Crippen LogP contribution in [-0.2, 0) is 11.0 Å². The van der Waals surface area contributed by atoms with Gasteiger partial charge < -0.3 is 10.6 Å². The summed E-state index contributed by atoms with van der Waals surface area (Å²) < 4.78 is 37.7. The number of hydrogen-bond acceptors (Lipinski definition) is 2. The summed E-state index contributed by atoms with van der Waals surface area (Å²) in [5, 5.41) is 6.21. The van der Waals surface area contributed by atoms with Gasteiger partial charge >= 0.3 is 6.18 Å². The summed E-state index contributed by atoms with van der Waals surface area (Å²) in [6.07, 6.45) is -0.417. The van der Waals surface area contributed by atoms with Gasteiger partial charge in [-0.3, -0.25) is 4.79 Å². The number of carbonyl (C=O) groups excluding carboxylic acids is 1. The minimum atomic E-state index is -4.27. The van der Waals surface area contributed by atoms with Crippen molar-refractivity contribution in [1.82, 2.24) is 10.6 Å². The van der Waals surface area contributed by atoms with Crippen LogP contribution in [0.25, 0.3) is 0 Å². The third-order valence-corrected chi connectivity index (χ3v) is 4.30. The highest BCUT2D eigenvalue weighted by Crippen LogP contribution is 2.36. The van der Waals surface area contributed by atoms with E-state index in [9.17, 15) is 18.0 Å². The number of nitrogens with one attached hydrogen (secondary N) is 2. The van der Waals surface area contributed by atoms with Crippen molar-refractivity contribution in [3.8, 4) is 0 Å². The molecular weight excluding hydrogens is 305 g/mol. The Hall–Kier alpha value is -1.56. The second-order valence-electron chi connectivity index (χ2n) is 6.12. The maximum Gasteiger partial charge on any atom is 0.416 e. The molecule has 1 aromatic rings. The van der Waals surface area contributed by atoms with Crippen molar-refractivity contribution < 1.29 is 18.0 Å². The fraction of sp³-hybridized carbons (Fsp3) is 0.588. The molecule has 1 saturated carbocycles. The molecule has 2 N–H and O–H groups in total. The number of alkyl halides is 3. The number of rotatable bonds is 6. The van der Waals surface area contributed by atoms with Gasteiger partial charge in [-0.15, -0.1) is 0 Å². The monoisotopic (exact) mass is 328 g/mol. The van der Waals surface area contributed by atoms with E-state index in [1.165, 1.54) is 19.1 Å². The van der Waals surface area contributed by atoms with E-state index in [1.54, 1.807) is 12.1 Å². The first-order valence-corrected chi connectivity index (χ1v) is 8.01. The summed E-state index contributed by atoms with van der Waals surface area (Å²) in [7, 11) is 0. The van der Waals surface area contributed by atoms with E-state index in [2.05, 4.69) is 10.6 Å². The van der Waals surface area contributed by atoms with Crippen LogP contribution in [0.1, 0.15) is 49.7 Å². The van der Waals surface area contributed by atoms with Crippen molar-refractivity contribution in [3.05, 3.63) is 35.4 Å². The maximum absolute atomic E-state index is 12.6. The highest BCUT2D eigenvalue weighted by atomic mass is 19.4. The summed E-state index contributed by atoms with van der Waals surface area (Å²) in [4.78, 5) is 10.7. The van der Waals surface area contributed by atoms with Crippen molar-refractivity contribution in [1.29, 1.82) is 0 Å². The van der Waals surface area contributed by atoms with Gasteiger partial charge in [-0.05, 0) is 55.8 Å². The molecule has 3 nitrogen and oxygen atoms in total. The average molecular weight is 328 g/mol. The van der Waals surface area contributed by atoms with E-state index in [4.69, 9.17) is 0 Å². The van der Waals surface area contributed by atoms with Gasteiger partial charge in [-0.2, -0.15) is 13.2 Å². The van der Waals surface area contributed by atoms with Crippen LogP contribution < -0.4 is 10.6 Å². The molecule has 0 spiro atoms. The minimum absolute atomic E-state index is 0.0202. The third-order valence-electron chi connectivity index (χ3n) is 4.30. The zero-order chi connectivity index (χ0) is 16.9. The Kier molecular flexibility index (Phi) is 6.04. The second kappa shape index (κ2) is 7.81. The Labute approximate surface area is 134 Å². The zero-order valence-corrected chi connectivity index (χ0v) is 13.2. The molecule has 0 unspecified atom stereocenters. The summed E-state index contributed by atoms with van der Waals surface area (Å²) in [6.45, 7) is 3.00. The Morgan fingerprint density at radius 3 is 2.48 bits per heavy atom. The van der Waals surface area contributed by atoms with Crippen LogP contribution in [-0.4, -0.2) is 25.0 Å². The molecule has 2 atom stereocenters. The highest BCUT2D eigenvalue weighted by Gasteiger charge is 2.31. The fourth-order valence-corrected chi connectivity index (χ4v) is 3.07. The molecule has 0 bridgehead atoms. The van der Waals surface area contributed by atoms with E-state index < -0.39 is 11.7 Å². The van der Waals surface area contributed by atoms with Gasteiger partial charge in [-0.1, -0.05) is 12.1 Å². The normalized spacial score (nSPS) is 21.4. The number of benzene rings is 1. The molecule has 1 fully saturated rings. The number of carbonyl (C=O) groups is 1. The first-order valence-electron chi connectivity index (χ1n) is 8.01. The molecule has 128 valence electrons. The molecule has 1 aliphatic carbocycles. The lowest BCUT2D eigenvalue weighted by Crippen LogP contribution is -2.30. The van der Waals surface area contributed by atoms with Crippen molar-refractivity contribution in [2.75, 3.05) is 13.1 Å². The molecule has 1 aliphatic rings. The lowest BCUT2D eigenvalue weighted by atomic mass is 9.96. The van der Waals surface area contributed by atoms with E-state index >= 15 is 0 Å². The Balaban J connectivity index is 1.75. The average Bonchev–Trinajstić information content (AvgIpc) is 2.95. The van der Waals surface area contributed by atoms with Crippen LogP contribution in [0.5, 0.6) is 0 Å². The van der Waals surface area contributed by atoms with Crippen molar-refractivity contribution in [2.45, 2.75) is 50.7 Å². The van der Waals surface area contributed by atoms with E-state index in [1.807, 2.05) is 0 Å². The topological polar surface area (TPSA) is 41.1 Å². The first kappa shape index (κ1) is 17.8. The minimum Gasteiger partial charge on any atom is -0.356 e. The van der Waals surface area contributed by atoms with Crippen LogP contribution in [0.3, 0.4) is 0 Å². The first-order chi connectivity index (χ1) is 10.9. The SMILES string of the molecule is CC(=O)NCCCN[C@@H]1CC[C@@H](c2ccc(C(F)(F)F)cc2)C1. The Morgan fingerprint density at radius 2 is 1.87 bits per heavy atom. The number of amides is 1. The standard InChI is InChI=1S/C17H23F3N2O/c1-12(23)21-9-2-10-22-16-8-5-14(11-16)13-3-6-15(7-4-13)17(18,19)20/h3-4,6-7,14,16,22H,2,5,8-11H2,1H3,(H,21,23)/t14-,16-/m1/s1. The smallest absolute Gasteiger partial charge is 0.356 e. The number of hydrogen-bond donors (Lipinski definition) is 2. The number of halogens is 3. The predicted molar refractivity (Wildman–Crippen MR) is 83.1 cm³/mol. The van der Waals surface area contributed by atoms with Crippen LogP contribution in [0, 0.1) is 0 Å². The molecule has 0 saturated heterocycles. The molecular formula is C17H23F3N2O. The quantitative estimate of drug-likeness (QED) is 0.785. The molecule has 1 amide bonds. The summed E-state index contributed by atoms with van der Waals surface area (Å²) in [6, 6.07) is 5.95. The Bertz CT molecular complexity index is 514. The Morgan fingerprint density at radius 1 is 1.17 bits per heavy atom. The highest BCUT2D eigenvalue weighted by molar-refractivity contribution is 5.72. The molecule has 6 heteroatoms.